The molecular formula is C25H28N2O6. The minimum Gasteiger partial charge on any atom is -0.497 e. The number of rotatable bonds is 9. The van der Waals surface area contributed by atoms with Crippen molar-refractivity contribution in [1.29, 1.82) is 0 Å². The van der Waals surface area contributed by atoms with Crippen LogP contribution in [-0.4, -0.2) is 43.9 Å². The highest BCUT2D eigenvalue weighted by atomic mass is 16.6. The molecule has 0 aromatic heterocycles. The molecule has 8 nitrogen and oxygen atoms in total. The molecule has 0 spiro atoms. The van der Waals surface area contributed by atoms with E-state index in [0.717, 1.165) is 0 Å². The van der Waals surface area contributed by atoms with Crippen molar-refractivity contribution in [3.8, 4) is 5.75 Å². The first-order valence-electron chi connectivity index (χ1n) is 10.8. The van der Waals surface area contributed by atoms with E-state index >= 15 is 0 Å². The molecular weight excluding hydrogens is 424 g/mol. The van der Waals surface area contributed by atoms with Gasteiger partial charge in [0.1, 0.15) is 5.75 Å². The van der Waals surface area contributed by atoms with Crippen LogP contribution in [0.15, 0.2) is 59.7 Å². The van der Waals surface area contributed by atoms with Crippen LogP contribution in [0, 0.1) is 11.8 Å². The maximum absolute atomic E-state index is 13.6. The lowest BCUT2D eigenvalue weighted by atomic mass is 9.74. The van der Waals surface area contributed by atoms with Crippen LogP contribution in [0.1, 0.15) is 32.3 Å². The first-order chi connectivity index (χ1) is 15.9. The molecule has 0 saturated heterocycles. The van der Waals surface area contributed by atoms with Crippen LogP contribution in [0.25, 0.3) is 0 Å². The number of carbonyl (C=O) groups excluding carboxylic acids is 3. The average Bonchev–Trinajstić information content (AvgIpc) is 3.12. The zero-order valence-electron chi connectivity index (χ0n) is 19.2. The van der Waals surface area contributed by atoms with Gasteiger partial charge in [-0.2, -0.15) is 5.10 Å². The molecule has 0 saturated carbocycles. The van der Waals surface area contributed by atoms with E-state index in [1.807, 2.05) is 18.2 Å². The summed E-state index contributed by atoms with van der Waals surface area (Å²) in [4.78, 5) is 39.6. The van der Waals surface area contributed by atoms with E-state index in [-0.39, 0.29) is 19.1 Å². The minimum atomic E-state index is -1.34. The van der Waals surface area contributed by atoms with Crippen molar-refractivity contribution in [2.24, 2.45) is 16.9 Å². The number of benzene rings is 2. The lowest BCUT2D eigenvalue weighted by Crippen LogP contribution is -2.41. The van der Waals surface area contributed by atoms with Crippen molar-refractivity contribution >= 4 is 29.2 Å². The molecule has 1 amide bonds. The van der Waals surface area contributed by atoms with Gasteiger partial charge in [-0.05, 0) is 50.6 Å². The van der Waals surface area contributed by atoms with Gasteiger partial charge < -0.3 is 14.2 Å². The monoisotopic (exact) mass is 452 g/mol. The van der Waals surface area contributed by atoms with Gasteiger partial charge in [-0.1, -0.05) is 30.3 Å². The Labute approximate surface area is 193 Å². The first kappa shape index (κ1) is 24.0. The quantitative estimate of drug-likeness (QED) is 0.427. The fourth-order valence-electron chi connectivity index (χ4n) is 4.00. The fourth-order valence-corrected chi connectivity index (χ4v) is 4.00. The maximum Gasteiger partial charge on any atom is 0.320 e. The SMILES string of the molecule is CCOC(=O)C(C(=O)OCC)C(c1ccc(OC)cc1)C1C(=O)N(c2ccccc2)N=C1C. The Kier molecular flexibility index (Phi) is 7.82. The van der Waals surface area contributed by atoms with Crippen LogP contribution < -0.4 is 9.75 Å². The number of hydrogen-bond acceptors (Lipinski definition) is 7. The normalized spacial score (nSPS) is 16.4. The standard InChI is InChI=1S/C25H28N2O6/c1-5-32-24(29)22(25(30)33-6-2)21(17-12-14-19(31-4)15-13-17)20-16(3)26-27(23(20)28)18-10-8-7-9-11-18/h7-15,20-22H,5-6H2,1-4H3. The zero-order chi connectivity index (χ0) is 24.0. The molecule has 0 radical (unpaired) electrons. The Hall–Kier alpha value is -3.68. The van der Waals surface area contributed by atoms with Gasteiger partial charge >= 0.3 is 11.9 Å². The number of carbonyl (C=O) groups is 3. The summed E-state index contributed by atoms with van der Waals surface area (Å²) in [6.45, 7) is 5.22. The van der Waals surface area contributed by atoms with E-state index in [1.165, 1.54) is 5.01 Å². The summed E-state index contributed by atoms with van der Waals surface area (Å²) in [5.74, 6) is -4.29. The van der Waals surface area contributed by atoms with Crippen LogP contribution in [0.4, 0.5) is 5.69 Å². The zero-order valence-corrected chi connectivity index (χ0v) is 19.2. The number of nitrogens with zero attached hydrogens (tertiary/aromatic N) is 2. The van der Waals surface area contributed by atoms with Crippen LogP contribution in [0.2, 0.25) is 0 Å². The fraction of sp³-hybridized carbons (Fsp3) is 0.360. The van der Waals surface area contributed by atoms with E-state index in [0.29, 0.717) is 22.7 Å². The predicted molar refractivity (Wildman–Crippen MR) is 123 cm³/mol. The first-order valence-corrected chi connectivity index (χ1v) is 10.8. The van der Waals surface area contributed by atoms with Crippen molar-refractivity contribution < 1.29 is 28.6 Å². The van der Waals surface area contributed by atoms with Crippen molar-refractivity contribution in [2.75, 3.05) is 25.3 Å². The van der Waals surface area contributed by atoms with Crippen LogP contribution >= 0.6 is 0 Å². The van der Waals surface area contributed by atoms with E-state index < -0.39 is 29.7 Å². The predicted octanol–water partition coefficient (Wildman–Crippen LogP) is 3.56. The summed E-state index contributed by atoms with van der Waals surface area (Å²) in [6.07, 6.45) is 0. The third kappa shape index (κ3) is 5.05. The number of anilines is 1. The van der Waals surface area contributed by atoms with Gasteiger partial charge in [0.2, 0.25) is 0 Å². The number of ether oxygens (including phenoxy) is 3. The molecule has 0 N–H and O–H groups in total. The Morgan fingerprint density at radius 3 is 2.06 bits per heavy atom. The summed E-state index contributed by atoms with van der Waals surface area (Å²) in [5, 5.41) is 5.78. The van der Waals surface area contributed by atoms with Gasteiger partial charge in [-0.25, -0.2) is 5.01 Å². The molecule has 2 aromatic carbocycles. The highest BCUT2D eigenvalue weighted by Gasteiger charge is 2.49. The Bertz CT molecular complexity index is 1000. The van der Waals surface area contributed by atoms with Gasteiger partial charge in [0.25, 0.3) is 5.91 Å². The maximum atomic E-state index is 13.6. The summed E-state index contributed by atoms with van der Waals surface area (Å²) in [7, 11) is 1.54. The third-order valence-electron chi connectivity index (χ3n) is 5.48. The lowest BCUT2D eigenvalue weighted by molar-refractivity contribution is -0.163. The average molecular weight is 453 g/mol. The third-order valence-corrected chi connectivity index (χ3v) is 5.48. The van der Waals surface area contributed by atoms with Crippen LogP contribution in [0.3, 0.4) is 0 Å². The molecule has 8 heteroatoms. The summed E-state index contributed by atoms with van der Waals surface area (Å²) in [6, 6.07) is 15.9. The van der Waals surface area contributed by atoms with Gasteiger partial charge in [0.05, 0.1) is 31.9 Å². The number of hydrazone groups is 1. The van der Waals surface area contributed by atoms with E-state index in [4.69, 9.17) is 14.2 Å². The number of hydrogen-bond donors (Lipinski definition) is 0. The van der Waals surface area contributed by atoms with Crippen molar-refractivity contribution in [1.82, 2.24) is 0 Å². The summed E-state index contributed by atoms with van der Waals surface area (Å²) >= 11 is 0. The lowest BCUT2D eigenvalue weighted by Gasteiger charge is -2.29. The molecule has 1 aliphatic heterocycles. The van der Waals surface area contributed by atoms with E-state index in [1.54, 1.807) is 64.3 Å². The van der Waals surface area contributed by atoms with Crippen LogP contribution in [0.5, 0.6) is 5.75 Å². The summed E-state index contributed by atoms with van der Waals surface area (Å²) < 4.78 is 15.7. The molecule has 3 rings (SSSR count). The van der Waals surface area contributed by atoms with Gasteiger partial charge in [-0.15, -0.1) is 0 Å². The highest BCUT2D eigenvalue weighted by molar-refractivity contribution is 6.16. The second kappa shape index (κ2) is 10.8. The molecule has 0 bridgehead atoms. The summed E-state index contributed by atoms with van der Waals surface area (Å²) in [5.41, 5.74) is 1.69. The van der Waals surface area contributed by atoms with Crippen molar-refractivity contribution in [3.05, 3.63) is 60.2 Å². The molecule has 2 aromatic rings. The van der Waals surface area contributed by atoms with Crippen LogP contribution in [-0.2, 0) is 23.9 Å². The minimum absolute atomic E-state index is 0.0892. The molecule has 2 unspecified atom stereocenters. The second-order valence-corrected chi connectivity index (χ2v) is 7.49. The molecule has 0 fully saturated rings. The molecule has 33 heavy (non-hydrogen) atoms. The topological polar surface area (TPSA) is 94.5 Å². The van der Waals surface area contributed by atoms with Crippen molar-refractivity contribution in [3.63, 3.8) is 0 Å². The molecule has 1 heterocycles. The number of methoxy groups -OCH3 is 1. The highest BCUT2D eigenvalue weighted by Crippen LogP contribution is 2.40. The Balaban J connectivity index is 2.11. The second-order valence-electron chi connectivity index (χ2n) is 7.49. The largest absolute Gasteiger partial charge is 0.497 e. The molecule has 0 aliphatic carbocycles. The smallest absolute Gasteiger partial charge is 0.320 e. The Morgan fingerprint density at radius 1 is 0.970 bits per heavy atom. The van der Waals surface area contributed by atoms with Gasteiger partial charge in [0, 0.05) is 11.6 Å². The molecule has 2 atom stereocenters. The number of esters is 2. The van der Waals surface area contributed by atoms with Gasteiger partial charge in [-0.3, -0.25) is 14.4 Å². The van der Waals surface area contributed by atoms with E-state index in [2.05, 4.69) is 5.10 Å². The number of amides is 1. The van der Waals surface area contributed by atoms with E-state index in [9.17, 15) is 14.4 Å². The van der Waals surface area contributed by atoms with Crippen molar-refractivity contribution in [2.45, 2.75) is 26.7 Å². The molecule has 1 aliphatic rings. The number of para-hydroxylation sites is 1. The molecule has 174 valence electrons. The Morgan fingerprint density at radius 2 is 1.55 bits per heavy atom. The van der Waals surface area contributed by atoms with Gasteiger partial charge in [0.15, 0.2) is 5.92 Å².